The summed E-state index contributed by atoms with van der Waals surface area (Å²) in [6.45, 7) is 1.05. The van der Waals surface area contributed by atoms with Crippen molar-refractivity contribution in [2.45, 2.75) is 75.5 Å². The minimum absolute atomic E-state index is 0.0133. The summed E-state index contributed by atoms with van der Waals surface area (Å²) in [7, 11) is 0. The molecule has 10 N–H and O–H groups in total. The van der Waals surface area contributed by atoms with Crippen LogP contribution in [-0.2, 0) is 30.4 Å². The van der Waals surface area contributed by atoms with E-state index in [1.807, 2.05) is 0 Å². The number of rotatable bonds is 16. The summed E-state index contributed by atoms with van der Waals surface area (Å²) < 4.78 is 0. The molecule has 0 aromatic heterocycles. The third kappa shape index (κ3) is 10.3. The Hall–Kier alpha value is -3.71. The summed E-state index contributed by atoms with van der Waals surface area (Å²) in [5.74, 6) is -3.72. The van der Waals surface area contributed by atoms with Crippen molar-refractivity contribution in [3.63, 3.8) is 0 Å². The van der Waals surface area contributed by atoms with E-state index in [-0.39, 0.29) is 31.4 Å². The van der Waals surface area contributed by atoms with Crippen LogP contribution >= 0.6 is 0 Å². The second-order valence-electron chi connectivity index (χ2n) is 9.33. The van der Waals surface area contributed by atoms with E-state index in [1.165, 1.54) is 12.1 Å². The number of unbranched alkanes of at least 4 members (excludes halogenated alkanes) is 1. The highest BCUT2D eigenvalue weighted by Gasteiger charge is 2.31. The number of phenols is 1. The van der Waals surface area contributed by atoms with Gasteiger partial charge in [-0.3, -0.25) is 19.2 Å². The Labute approximate surface area is 221 Å². The summed E-state index contributed by atoms with van der Waals surface area (Å²) in [6, 6.07) is 1.96. The van der Waals surface area contributed by atoms with E-state index in [1.54, 1.807) is 12.1 Å². The van der Waals surface area contributed by atoms with Gasteiger partial charge in [-0.15, -0.1) is 0 Å². The van der Waals surface area contributed by atoms with Crippen LogP contribution < -0.4 is 32.7 Å². The molecule has 1 aromatic carbocycles. The molecule has 0 aliphatic carbocycles. The van der Waals surface area contributed by atoms with E-state index in [2.05, 4.69) is 21.3 Å². The lowest BCUT2D eigenvalue weighted by Crippen LogP contribution is -2.57. The first-order valence-electron chi connectivity index (χ1n) is 12.7. The number of hydrogen-bond donors (Lipinski definition) is 8. The van der Waals surface area contributed by atoms with Crippen LogP contribution in [0.25, 0.3) is 0 Å². The maximum absolute atomic E-state index is 13.2. The van der Waals surface area contributed by atoms with Crippen molar-refractivity contribution >= 4 is 29.6 Å². The van der Waals surface area contributed by atoms with Gasteiger partial charge in [0.05, 0.1) is 6.04 Å². The largest absolute Gasteiger partial charge is 0.508 e. The van der Waals surface area contributed by atoms with Crippen LogP contribution in [0.2, 0.25) is 0 Å². The number of nitrogens with one attached hydrogen (secondary N) is 4. The number of hydrogen-bond acceptors (Lipinski definition) is 8. The lowest BCUT2D eigenvalue weighted by molar-refractivity contribution is -0.142. The molecular formula is C25H38N6O7. The van der Waals surface area contributed by atoms with Crippen LogP contribution in [0.5, 0.6) is 5.75 Å². The average molecular weight is 535 g/mol. The summed E-state index contributed by atoms with van der Waals surface area (Å²) in [5.41, 5.74) is 11.3. The molecule has 2 rings (SSSR count). The first-order chi connectivity index (χ1) is 18.1. The number of aromatic hydroxyl groups is 1. The summed E-state index contributed by atoms with van der Waals surface area (Å²) in [5, 5.41) is 29.9. The highest BCUT2D eigenvalue weighted by molar-refractivity contribution is 5.94. The maximum atomic E-state index is 13.2. The van der Waals surface area contributed by atoms with Crippen LogP contribution in [0.3, 0.4) is 0 Å². The molecule has 0 radical (unpaired) electrons. The van der Waals surface area contributed by atoms with Crippen LogP contribution in [0.4, 0.5) is 0 Å². The van der Waals surface area contributed by atoms with Crippen molar-refractivity contribution in [1.82, 2.24) is 21.3 Å². The first kappa shape index (κ1) is 30.5. The molecule has 4 atom stereocenters. The van der Waals surface area contributed by atoms with Crippen LogP contribution in [0, 0.1) is 0 Å². The third-order valence-corrected chi connectivity index (χ3v) is 6.26. The Morgan fingerprint density at radius 1 is 0.947 bits per heavy atom. The van der Waals surface area contributed by atoms with E-state index in [0.717, 1.165) is 6.42 Å². The number of primary amides is 1. The van der Waals surface area contributed by atoms with Gasteiger partial charge in [0.2, 0.25) is 23.6 Å². The molecule has 1 aliphatic heterocycles. The van der Waals surface area contributed by atoms with Crippen molar-refractivity contribution in [2.75, 3.05) is 13.1 Å². The summed E-state index contributed by atoms with van der Waals surface area (Å²) in [6.07, 6.45) is 2.36. The molecule has 13 nitrogen and oxygen atoms in total. The van der Waals surface area contributed by atoms with Gasteiger partial charge < -0.3 is 42.9 Å². The van der Waals surface area contributed by atoms with Gasteiger partial charge in [0.25, 0.3) is 0 Å². The fourth-order valence-corrected chi connectivity index (χ4v) is 4.11. The monoisotopic (exact) mass is 534 g/mol. The molecule has 13 heteroatoms. The van der Waals surface area contributed by atoms with Crippen LogP contribution in [0.1, 0.15) is 50.5 Å². The topological polar surface area (TPSA) is 226 Å². The molecule has 1 aliphatic rings. The predicted octanol–water partition coefficient (Wildman–Crippen LogP) is -1.38. The van der Waals surface area contributed by atoms with E-state index >= 15 is 0 Å². The predicted molar refractivity (Wildman–Crippen MR) is 138 cm³/mol. The lowest BCUT2D eigenvalue weighted by Gasteiger charge is -2.25. The minimum Gasteiger partial charge on any atom is -0.508 e. The number of carbonyl (C=O) groups is 5. The fourth-order valence-electron chi connectivity index (χ4n) is 4.11. The normalized spacial score (nSPS) is 17.1. The third-order valence-electron chi connectivity index (χ3n) is 6.26. The number of carbonyl (C=O) groups excluding carboxylic acids is 4. The van der Waals surface area contributed by atoms with Crippen LogP contribution in [0.15, 0.2) is 24.3 Å². The Kier molecular flexibility index (Phi) is 12.5. The Morgan fingerprint density at radius 3 is 2.18 bits per heavy atom. The molecule has 0 spiro atoms. The quantitative estimate of drug-likeness (QED) is 0.117. The fraction of sp³-hybridized carbons (Fsp3) is 0.560. The van der Waals surface area contributed by atoms with Crippen molar-refractivity contribution in [3.8, 4) is 5.75 Å². The second-order valence-corrected chi connectivity index (χ2v) is 9.33. The number of nitrogens with two attached hydrogens (primary N) is 2. The highest BCUT2D eigenvalue weighted by atomic mass is 16.4. The standard InChI is InChI=1S/C25H38N6O7/c26-12-2-1-4-19(25(37)38)30-24(36)20(14-15-6-8-16(32)9-7-15)31-23(35)18(10-11-21(27)33)29-22(34)17-5-3-13-28-17/h6-9,17-20,28,32H,1-5,10-14,26H2,(H2,27,33)(H,29,34)(H,30,36)(H,31,35)(H,37,38). The van der Waals surface area contributed by atoms with Crippen molar-refractivity contribution in [1.29, 1.82) is 0 Å². The van der Waals surface area contributed by atoms with Gasteiger partial charge in [-0.05, 0) is 69.3 Å². The van der Waals surface area contributed by atoms with E-state index in [4.69, 9.17) is 11.5 Å². The van der Waals surface area contributed by atoms with E-state index in [0.29, 0.717) is 37.9 Å². The maximum Gasteiger partial charge on any atom is 0.326 e. The summed E-state index contributed by atoms with van der Waals surface area (Å²) in [4.78, 5) is 62.2. The second kappa shape index (κ2) is 15.5. The average Bonchev–Trinajstić information content (AvgIpc) is 3.41. The summed E-state index contributed by atoms with van der Waals surface area (Å²) >= 11 is 0. The van der Waals surface area contributed by atoms with Gasteiger partial charge in [-0.2, -0.15) is 0 Å². The van der Waals surface area contributed by atoms with Gasteiger partial charge in [-0.1, -0.05) is 12.1 Å². The Morgan fingerprint density at radius 2 is 1.61 bits per heavy atom. The van der Waals surface area contributed by atoms with Gasteiger partial charge in [0, 0.05) is 12.8 Å². The van der Waals surface area contributed by atoms with Crippen molar-refractivity contribution in [3.05, 3.63) is 29.8 Å². The Bertz CT molecular complexity index is 965. The zero-order chi connectivity index (χ0) is 28.1. The number of phenolic OH excluding ortho intramolecular Hbond substituents is 1. The van der Waals surface area contributed by atoms with Gasteiger partial charge in [-0.25, -0.2) is 4.79 Å². The molecule has 4 unspecified atom stereocenters. The lowest BCUT2D eigenvalue weighted by atomic mass is 10.0. The van der Waals surface area contributed by atoms with E-state index < -0.39 is 53.8 Å². The number of amides is 4. The van der Waals surface area contributed by atoms with E-state index in [9.17, 15) is 34.2 Å². The molecule has 0 bridgehead atoms. The van der Waals surface area contributed by atoms with Gasteiger partial charge in [0.1, 0.15) is 23.9 Å². The molecule has 1 saturated heterocycles. The van der Waals surface area contributed by atoms with Crippen LogP contribution in [-0.4, -0.2) is 77.1 Å². The SMILES string of the molecule is NCCCCC(NC(=O)C(Cc1ccc(O)cc1)NC(=O)C(CCC(N)=O)NC(=O)C1CCCN1)C(=O)O. The molecule has 1 heterocycles. The van der Waals surface area contributed by atoms with Gasteiger partial charge >= 0.3 is 5.97 Å². The minimum atomic E-state index is -1.22. The molecule has 0 saturated carbocycles. The molecule has 1 aromatic rings. The molecule has 1 fully saturated rings. The highest BCUT2D eigenvalue weighted by Crippen LogP contribution is 2.13. The zero-order valence-electron chi connectivity index (χ0n) is 21.3. The molecule has 38 heavy (non-hydrogen) atoms. The van der Waals surface area contributed by atoms with Crippen molar-refractivity contribution < 1.29 is 34.2 Å². The smallest absolute Gasteiger partial charge is 0.326 e. The molecular weight excluding hydrogens is 496 g/mol. The molecule has 4 amide bonds. The number of carboxylic acids is 1. The number of benzene rings is 1. The Balaban J connectivity index is 2.21. The van der Waals surface area contributed by atoms with Gasteiger partial charge in [0.15, 0.2) is 0 Å². The molecule has 210 valence electrons. The number of carboxylic acid groups (broad SMARTS) is 1. The number of aliphatic carboxylic acids is 1. The first-order valence-corrected chi connectivity index (χ1v) is 12.7. The van der Waals surface area contributed by atoms with Crippen molar-refractivity contribution in [2.24, 2.45) is 11.5 Å². The zero-order valence-corrected chi connectivity index (χ0v) is 21.3.